The molecule has 0 unspecified atom stereocenters. The third-order valence-electron chi connectivity index (χ3n) is 4.07. The maximum Gasteiger partial charge on any atom is 0.102 e. The Morgan fingerprint density at radius 3 is 1.59 bits per heavy atom. The quantitative estimate of drug-likeness (QED) is 0.784. The molecular weight excluding hydrogens is 288 g/mol. The lowest BCUT2D eigenvalue weighted by atomic mass is 10.1. The van der Waals surface area contributed by atoms with E-state index in [0.29, 0.717) is 0 Å². The van der Waals surface area contributed by atoms with Crippen LogP contribution in [0.3, 0.4) is 0 Å². The van der Waals surface area contributed by atoms with Crippen LogP contribution in [-0.2, 0) is 0 Å². The summed E-state index contributed by atoms with van der Waals surface area (Å²) in [5.41, 5.74) is 0.188. The largest absolute Gasteiger partial charge is 0.193 e. The van der Waals surface area contributed by atoms with Gasteiger partial charge in [0.05, 0.1) is 42.5 Å². The van der Waals surface area contributed by atoms with Gasteiger partial charge in [-0.05, 0) is 0 Å². The topological polar surface area (TPSA) is 95.2 Å². The van der Waals surface area contributed by atoms with Crippen molar-refractivity contribution in [1.29, 1.82) is 21.0 Å². The molecule has 0 saturated heterocycles. The monoisotopic (exact) mass is 300 g/mol. The molecule has 0 spiro atoms. The Hall–Kier alpha value is -3.12. The van der Waals surface area contributed by atoms with Crippen LogP contribution in [0, 0.1) is 45.3 Å². The molecule has 0 heterocycles. The molecule has 0 aromatic heterocycles. The summed E-state index contributed by atoms with van der Waals surface area (Å²) in [5.74, 6) is 0. The number of allylic oxidation sites excluding steroid dienone is 4. The molecule has 0 radical (unpaired) electrons. The van der Waals surface area contributed by atoms with E-state index in [1.165, 1.54) is 0 Å². The first kappa shape index (κ1) is 15.3. The van der Waals surface area contributed by atoms with Crippen LogP contribution >= 0.6 is 0 Å². The lowest BCUT2D eigenvalue weighted by Gasteiger charge is -2.30. The Bertz CT molecular complexity index is 801. The van der Waals surface area contributed by atoms with Gasteiger partial charge in [-0.3, -0.25) is 0 Å². The van der Waals surface area contributed by atoms with Crippen molar-refractivity contribution in [3.63, 3.8) is 0 Å². The maximum atomic E-state index is 9.49. The first-order chi connectivity index (χ1) is 10.5. The molecule has 22 heavy (non-hydrogen) atoms. The Balaban J connectivity index is 2.75. The number of nitrogens with zero attached hydrogens (tertiary/aromatic N) is 4. The summed E-state index contributed by atoms with van der Waals surface area (Å²) in [6.07, 6.45) is 0. The Kier molecular flexibility index (Phi) is 3.96. The van der Waals surface area contributed by atoms with Crippen molar-refractivity contribution >= 4 is 13.3 Å². The molecule has 1 aromatic carbocycles. The molecule has 0 N–H and O–H groups in total. The second kappa shape index (κ2) is 5.70. The van der Waals surface area contributed by atoms with E-state index in [1.54, 1.807) is 0 Å². The SMILES string of the molecule is C[Si](C)(c1ccccc1)C1C(C#N)=C(C#N)C(C#N)=C1C#N. The minimum atomic E-state index is -2.29. The highest BCUT2D eigenvalue weighted by Gasteiger charge is 2.45. The van der Waals surface area contributed by atoms with Gasteiger partial charge in [0, 0.05) is 5.54 Å². The zero-order chi connectivity index (χ0) is 16.3. The molecule has 1 aromatic rings. The minimum absolute atomic E-state index is 0.0584. The van der Waals surface area contributed by atoms with Crippen molar-refractivity contribution in [3.8, 4) is 24.3 Å². The lowest BCUT2D eigenvalue weighted by Crippen LogP contribution is -2.46. The van der Waals surface area contributed by atoms with Gasteiger partial charge in [-0.1, -0.05) is 48.6 Å². The number of hydrogen-bond donors (Lipinski definition) is 0. The Labute approximate surface area is 130 Å². The Morgan fingerprint density at radius 1 is 0.773 bits per heavy atom. The van der Waals surface area contributed by atoms with E-state index in [0.717, 1.165) is 5.19 Å². The van der Waals surface area contributed by atoms with Crippen molar-refractivity contribution < 1.29 is 0 Å². The zero-order valence-corrected chi connectivity index (χ0v) is 13.3. The van der Waals surface area contributed by atoms with E-state index in [9.17, 15) is 21.0 Å². The first-order valence-electron chi connectivity index (χ1n) is 6.67. The molecule has 1 aliphatic rings. The molecule has 0 bridgehead atoms. The van der Waals surface area contributed by atoms with Gasteiger partial charge in [0.25, 0.3) is 0 Å². The number of rotatable bonds is 2. The van der Waals surface area contributed by atoms with E-state index >= 15 is 0 Å². The molecule has 0 atom stereocenters. The van der Waals surface area contributed by atoms with Gasteiger partial charge in [-0.2, -0.15) is 21.0 Å². The fourth-order valence-corrected chi connectivity index (χ4v) is 6.18. The highest BCUT2D eigenvalue weighted by Crippen LogP contribution is 2.46. The third kappa shape index (κ3) is 2.11. The molecule has 0 aliphatic heterocycles. The van der Waals surface area contributed by atoms with Crippen LogP contribution in [0.1, 0.15) is 0 Å². The van der Waals surface area contributed by atoms with Crippen LogP contribution in [0.4, 0.5) is 0 Å². The second-order valence-electron chi connectivity index (χ2n) is 5.55. The summed E-state index contributed by atoms with van der Waals surface area (Å²) in [4.78, 5) is 0. The van der Waals surface area contributed by atoms with Crippen LogP contribution in [0.2, 0.25) is 18.6 Å². The molecular formula is C17H12N4Si. The van der Waals surface area contributed by atoms with Crippen molar-refractivity contribution in [3.05, 3.63) is 52.6 Å². The van der Waals surface area contributed by atoms with Crippen molar-refractivity contribution in [2.45, 2.75) is 18.6 Å². The average Bonchev–Trinajstić information content (AvgIpc) is 2.88. The highest BCUT2D eigenvalue weighted by molar-refractivity contribution is 6.92. The van der Waals surface area contributed by atoms with Gasteiger partial charge in [0.2, 0.25) is 0 Å². The number of hydrogen-bond acceptors (Lipinski definition) is 4. The van der Waals surface area contributed by atoms with Gasteiger partial charge in [0.15, 0.2) is 0 Å². The maximum absolute atomic E-state index is 9.49. The predicted molar refractivity (Wildman–Crippen MR) is 83.8 cm³/mol. The van der Waals surface area contributed by atoms with E-state index in [1.807, 2.05) is 42.5 Å². The van der Waals surface area contributed by atoms with Gasteiger partial charge in [-0.25, -0.2) is 0 Å². The molecule has 2 rings (SSSR count). The highest BCUT2D eigenvalue weighted by atomic mass is 28.3. The molecule has 104 valence electrons. The number of nitriles is 4. The summed E-state index contributed by atoms with van der Waals surface area (Å²) < 4.78 is 0. The van der Waals surface area contributed by atoms with Crippen LogP contribution in [0.15, 0.2) is 52.6 Å². The predicted octanol–water partition coefficient (Wildman–Crippen LogP) is 2.67. The van der Waals surface area contributed by atoms with Crippen LogP contribution in [0.5, 0.6) is 0 Å². The molecule has 1 aliphatic carbocycles. The summed E-state index contributed by atoms with van der Waals surface area (Å²) in [6, 6.07) is 17.7. The fraction of sp³-hybridized carbons (Fsp3) is 0.176. The van der Waals surface area contributed by atoms with Gasteiger partial charge in [-0.15, -0.1) is 0 Å². The molecule has 0 saturated carbocycles. The van der Waals surface area contributed by atoms with Gasteiger partial charge >= 0.3 is 0 Å². The second-order valence-corrected chi connectivity index (χ2v) is 10.1. The van der Waals surface area contributed by atoms with E-state index in [4.69, 9.17) is 0 Å². The molecule has 5 heteroatoms. The summed E-state index contributed by atoms with van der Waals surface area (Å²) in [7, 11) is -2.29. The van der Waals surface area contributed by atoms with Crippen molar-refractivity contribution in [2.24, 2.45) is 0 Å². The average molecular weight is 300 g/mol. The lowest BCUT2D eigenvalue weighted by molar-refractivity contribution is 1.17. The van der Waals surface area contributed by atoms with Gasteiger partial charge in [0.1, 0.15) is 12.1 Å². The van der Waals surface area contributed by atoms with Gasteiger partial charge < -0.3 is 0 Å². The number of benzene rings is 1. The third-order valence-corrected chi connectivity index (χ3v) is 7.91. The molecule has 0 fully saturated rings. The normalized spacial score (nSPS) is 15.0. The van der Waals surface area contributed by atoms with Crippen molar-refractivity contribution in [1.82, 2.24) is 0 Å². The summed E-state index contributed by atoms with van der Waals surface area (Å²) in [5, 5.41) is 38.7. The van der Waals surface area contributed by atoms with E-state index < -0.39 is 13.6 Å². The van der Waals surface area contributed by atoms with Crippen LogP contribution in [0.25, 0.3) is 0 Å². The standard InChI is InChI=1S/C17H12N4Si/c1-22(2,12-6-4-3-5-7-12)17-15(10-20)13(8-18)14(9-19)16(17)11-21/h3-7,17H,1-2H3. The van der Waals surface area contributed by atoms with E-state index in [2.05, 4.69) is 25.2 Å². The van der Waals surface area contributed by atoms with Crippen LogP contribution in [-0.4, -0.2) is 8.07 Å². The smallest absolute Gasteiger partial charge is 0.102 e. The van der Waals surface area contributed by atoms with Crippen molar-refractivity contribution in [2.75, 3.05) is 0 Å². The first-order valence-corrected chi connectivity index (χ1v) is 9.75. The summed E-state index contributed by atoms with van der Waals surface area (Å²) in [6.45, 7) is 4.11. The van der Waals surface area contributed by atoms with E-state index in [-0.39, 0.29) is 22.3 Å². The fourth-order valence-electron chi connectivity index (χ4n) is 2.93. The van der Waals surface area contributed by atoms with Crippen LogP contribution < -0.4 is 5.19 Å². The summed E-state index contributed by atoms with van der Waals surface area (Å²) >= 11 is 0. The minimum Gasteiger partial charge on any atom is -0.193 e. The Morgan fingerprint density at radius 2 is 1.23 bits per heavy atom. The molecule has 4 nitrogen and oxygen atoms in total. The zero-order valence-electron chi connectivity index (χ0n) is 12.3. The molecule has 0 amide bonds.